The van der Waals surface area contributed by atoms with E-state index in [0.29, 0.717) is 6.04 Å². The molecule has 0 fully saturated rings. The van der Waals surface area contributed by atoms with Crippen LogP contribution in [-0.2, 0) is 0 Å². The fraction of sp³-hybridized carbons (Fsp3) is 0.333. The van der Waals surface area contributed by atoms with E-state index in [2.05, 4.69) is 39.9 Å². The molecule has 2 rings (SSSR count). The fourth-order valence-corrected chi connectivity index (χ4v) is 1.96. The number of ether oxygens (including phenoxy) is 1. The van der Waals surface area contributed by atoms with Gasteiger partial charge in [0.25, 0.3) is 0 Å². The Morgan fingerprint density at radius 1 is 1.35 bits per heavy atom. The number of hydrogen-bond donors (Lipinski definition) is 0. The Kier molecular flexibility index (Phi) is 3.47. The van der Waals surface area contributed by atoms with E-state index < -0.39 is 0 Å². The van der Waals surface area contributed by atoms with Crippen LogP contribution in [0.4, 0.5) is 0 Å². The van der Waals surface area contributed by atoms with Crippen molar-refractivity contribution < 1.29 is 4.74 Å². The SMILES string of the molecule is COc1cn(C(C)C)nc1-c1ncccc1Br. The van der Waals surface area contributed by atoms with E-state index in [1.54, 1.807) is 13.3 Å². The number of nitrogens with zero attached hydrogens (tertiary/aromatic N) is 3. The lowest BCUT2D eigenvalue weighted by Crippen LogP contribution is -2.01. The van der Waals surface area contributed by atoms with Crippen molar-refractivity contribution in [1.29, 1.82) is 0 Å². The number of aromatic nitrogens is 3. The second-order valence-electron chi connectivity index (χ2n) is 3.95. The molecule has 0 aromatic carbocycles. The molecule has 90 valence electrons. The van der Waals surface area contributed by atoms with Gasteiger partial charge in [-0.3, -0.25) is 9.67 Å². The summed E-state index contributed by atoms with van der Waals surface area (Å²) in [5.41, 5.74) is 1.55. The van der Waals surface area contributed by atoms with Gasteiger partial charge in [-0.25, -0.2) is 0 Å². The van der Waals surface area contributed by atoms with Crippen molar-refractivity contribution >= 4 is 15.9 Å². The zero-order valence-corrected chi connectivity index (χ0v) is 11.6. The number of methoxy groups -OCH3 is 1. The molecule has 0 saturated carbocycles. The standard InChI is InChI=1S/C12H14BrN3O/c1-8(2)16-7-10(17-3)12(15-16)11-9(13)5-4-6-14-11/h4-8H,1-3H3. The third kappa shape index (κ3) is 2.34. The average molecular weight is 296 g/mol. The first-order valence-corrected chi connectivity index (χ1v) is 6.16. The van der Waals surface area contributed by atoms with Crippen LogP contribution < -0.4 is 4.74 Å². The highest BCUT2D eigenvalue weighted by atomic mass is 79.9. The summed E-state index contributed by atoms with van der Waals surface area (Å²) in [6.07, 6.45) is 3.63. The summed E-state index contributed by atoms with van der Waals surface area (Å²) >= 11 is 3.48. The van der Waals surface area contributed by atoms with Gasteiger partial charge in [-0.05, 0) is 41.9 Å². The van der Waals surface area contributed by atoms with Crippen LogP contribution in [0, 0.1) is 0 Å². The maximum absolute atomic E-state index is 5.34. The number of hydrogen-bond acceptors (Lipinski definition) is 3. The fourth-order valence-electron chi connectivity index (χ4n) is 1.51. The number of halogens is 1. The molecule has 2 aromatic rings. The first-order valence-electron chi connectivity index (χ1n) is 5.37. The molecule has 0 aliphatic heterocycles. The van der Waals surface area contributed by atoms with E-state index in [4.69, 9.17) is 4.74 Å². The molecule has 0 saturated heterocycles. The van der Waals surface area contributed by atoms with Gasteiger partial charge >= 0.3 is 0 Å². The quantitative estimate of drug-likeness (QED) is 0.872. The summed E-state index contributed by atoms with van der Waals surface area (Å²) in [5.74, 6) is 0.734. The normalized spacial score (nSPS) is 10.9. The Hall–Kier alpha value is -1.36. The van der Waals surface area contributed by atoms with Gasteiger partial charge in [-0.2, -0.15) is 5.10 Å². The summed E-state index contributed by atoms with van der Waals surface area (Å²) in [5, 5.41) is 4.51. The third-order valence-corrected chi connectivity index (χ3v) is 3.07. The zero-order valence-electron chi connectivity index (χ0n) is 10.0. The van der Waals surface area contributed by atoms with Gasteiger partial charge in [-0.1, -0.05) is 0 Å². The van der Waals surface area contributed by atoms with Crippen LogP contribution in [0.25, 0.3) is 11.4 Å². The molecule has 0 atom stereocenters. The highest BCUT2D eigenvalue weighted by molar-refractivity contribution is 9.10. The van der Waals surface area contributed by atoms with Gasteiger partial charge < -0.3 is 4.74 Å². The molecular weight excluding hydrogens is 282 g/mol. The molecule has 0 N–H and O–H groups in total. The van der Waals surface area contributed by atoms with E-state index in [1.807, 2.05) is 23.0 Å². The molecule has 17 heavy (non-hydrogen) atoms. The summed E-state index contributed by atoms with van der Waals surface area (Å²) < 4.78 is 8.12. The largest absolute Gasteiger partial charge is 0.493 e. The molecule has 5 heteroatoms. The smallest absolute Gasteiger partial charge is 0.166 e. The molecule has 0 aliphatic rings. The maximum Gasteiger partial charge on any atom is 0.166 e. The van der Waals surface area contributed by atoms with Crippen LogP contribution >= 0.6 is 15.9 Å². The van der Waals surface area contributed by atoms with Crippen molar-refractivity contribution in [3.63, 3.8) is 0 Å². The Morgan fingerprint density at radius 3 is 2.71 bits per heavy atom. The van der Waals surface area contributed by atoms with Crippen molar-refractivity contribution in [2.75, 3.05) is 7.11 Å². The summed E-state index contributed by atoms with van der Waals surface area (Å²) in [6, 6.07) is 4.11. The maximum atomic E-state index is 5.34. The third-order valence-electron chi connectivity index (χ3n) is 2.43. The van der Waals surface area contributed by atoms with E-state index >= 15 is 0 Å². The lowest BCUT2D eigenvalue weighted by Gasteiger charge is -2.03. The van der Waals surface area contributed by atoms with E-state index in [0.717, 1.165) is 21.6 Å². The van der Waals surface area contributed by atoms with Crippen LogP contribution in [0.5, 0.6) is 5.75 Å². The van der Waals surface area contributed by atoms with Gasteiger partial charge in [-0.15, -0.1) is 0 Å². The summed E-state index contributed by atoms with van der Waals surface area (Å²) in [7, 11) is 1.64. The number of pyridine rings is 1. The highest BCUT2D eigenvalue weighted by Crippen LogP contribution is 2.32. The van der Waals surface area contributed by atoms with Gasteiger partial charge in [0.05, 0.1) is 13.3 Å². The molecule has 4 nitrogen and oxygen atoms in total. The van der Waals surface area contributed by atoms with Crippen LogP contribution in [0.1, 0.15) is 19.9 Å². The predicted octanol–water partition coefficient (Wildman–Crippen LogP) is 3.30. The van der Waals surface area contributed by atoms with Crippen molar-refractivity contribution in [3.8, 4) is 17.1 Å². The molecule has 0 amide bonds. The molecular formula is C12H14BrN3O. The van der Waals surface area contributed by atoms with Crippen molar-refractivity contribution in [1.82, 2.24) is 14.8 Å². The Morgan fingerprint density at radius 2 is 2.12 bits per heavy atom. The second-order valence-corrected chi connectivity index (χ2v) is 4.81. The van der Waals surface area contributed by atoms with Gasteiger partial charge in [0.15, 0.2) is 11.4 Å². The lowest BCUT2D eigenvalue weighted by molar-refractivity contribution is 0.413. The van der Waals surface area contributed by atoms with Gasteiger partial charge in [0, 0.05) is 16.7 Å². The molecule has 2 heterocycles. The van der Waals surface area contributed by atoms with Gasteiger partial charge in [0.2, 0.25) is 0 Å². The molecule has 0 aliphatic carbocycles. The zero-order chi connectivity index (χ0) is 12.4. The van der Waals surface area contributed by atoms with Crippen LogP contribution in [0.2, 0.25) is 0 Å². The minimum atomic E-state index is 0.292. The monoisotopic (exact) mass is 295 g/mol. The minimum absolute atomic E-state index is 0.292. The van der Waals surface area contributed by atoms with E-state index in [1.165, 1.54) is 0 Å². The Balaban J connectivity index is 2.55. The first-order chi connectivity index (χ1) is 8.13. The topological polar surface area (TPSA) is 39.9 Å². The average Bonchev–Trinajstić information content (AvgIpc) is 2.73. The summed E-state index contributed by atoms with van der Waals surface area (Å²) in [6.45, 7) is 4.15. The van der Waals surface area contributed by atoms with Crippen molar-refractivity contribution in [2.45, 2.75) is 19.9 Å². The molecule has 0 bridgehead atoms. The molecule has 2 aromatic heterocycles. The Labute approximate surface area is 109 Å². The van der Waals surface area contributed by atoms with Gasteiger partial charge in [0.1, 0.15) is 5.69 Å². The number of rotatable bonds is 3. The molecule has 0 unspecified atom stereocenters. The minimum Gasteiger partial charge on any atom is -0.493 e. The highest BCUT2D eigenvalue weighted by Gasteiger charge is 2.16. The van der Waals surface area contributed by atoms with E-state index in [-0.39, 0.29) is 0 Å². The van der Waals surface area contributed by atoms with Crippen molar-refractivity contribution in [3.05, 3.63) is 29.0 Å². The first kappa shape index (κ1) is 12.1. The molecule has 0 spiro atoms. The predicted molar refractivity (Wildman–Crippen MR) is 70.1 cm³/mol. The lowest BCUT2D eigenvalue weighted by atomic mass is 10.2. The summed E-state index contributed by atoms with van der Waals surface area (Å²) in [4.78, 5) is 4.33. The Bertz CT molecular complexity index is 522. The van der Waals surface area contributed by atoms with Crippen LogP contribution in [0.15, 0.2) is 29.0 Å². The van der Waals surface area contributed by atoms with E-state index in [9.17, 15) is 0 Å². The molecule has 0 radical (unpaired) electrons. The van der Waals surface area contributed by atoms with Crippen molar-refractivity contribution in [2.24, 2.45) is 0 Å². The van der Waals surface area contributed by atoms with Crippen LogP contribution in [-0.4, -0.2) is 21.9 Å². The van der Waals surface area contributed by atoms with Crippen LogP contribution in [0.3, 0.4) is 0 Å². The second kappa shape index (κ2) is 4.87.